The van der Waals surface area contributed by atoms with Crippen molar-refractivity contribution in [3.8, 4) is 0 Å². The third kappa shape index (κ3) is 3.38. The van der Waals surface area contributed by atoms with Crippen LogP contribution in [0.15, 0.2) is 17.3 Å². The van der Waals surface area contributed by atoms with Gasteiger partial charge >= 0.3 is 0 Å². The fraction of sp³-hybridized carbons (Fsp3) is 0.600. The van der Waals surface area contributed by atoms with Crippen LogP contribution in [-0.4, -0.2) is 49.5 Å². The summed E-state index contributed by atoms with van der Waals surface area (Å²) in [6.07, 6.45) is 4.26. The van der Waals surface area contributed by atoms with Gasteiger partial charge in [0.05, 0.1) is 12.4 Å². The zero-order chi connectivity index (χ0) is 13.2. The van der Waals surface area contributed by atoms with Crippen LogP contribution in [-0.2, 0) is 10.0 Å². The normalized spacial score (nSPS) is 22.0. The molecule has 1 unspecified atom stereocenters. The highest BCUT2D eigenvalue weighted by Gasteiger charge is 2.24. The number of likely N-dealkylation sites (tertiary alicyclic amines) is 1. The van der Waals surface area contributed by atoms with Crippen molar-refractivity contribution in [2.75, 3.05) is 20.1 Å². The van der Waals surface area contributed by atoms with Crippen molar-refractivity contribution in [1.82, 2.24) is 19.6 Å². The predicted octanol–water partition coefficient (Wildman–Crippen LogP) is 0.502. The van der Waals surface area contributed by atoms with E-state index in [0.29, 0.717) is 6.54 Å². The van der Waals surface area contributed by atoms with E-state index >= 15 is 0 Å². The lowest BCUT2D eigenvalue weighted by Gasteiger charge is -2.29. The number of rotatable bonds is 3. The summed E-state index contributed by atoms with van der Waals surface area (Å²) in [6.45, 7) is 1.72. The molecule has 0 bridgehead atoms. The second-order valence-corrected chi connectivity index (χ2v) is 6.46. The number of hydrogen-bond acceptors (Lipinski definition) is 5. The van der Waals surface area contributed by atoms with Gasteiger partial charge < -0.3 is 4.90 Å². The Morgan fingerprint density at radius 2 is 2.11 bits per heavy atom. The van der Waals surface area contributed by atoms with E-state index in [9.17, 15) is 8.42 Å². The van der Waals surface area contributed by atoms with Crippen molar-refractivity contribution in [3.05, 3.63) is 17.7 Å². The molecule has 1 N–H and O–H groups in total. The number of sulfonamides is 1. The Morgan fingerprint density at radius 3 is 2.72 bits per heavy atom. The van der Waals surface area contributed by atoms with Gasteiger partial charge in [-0.15, -0.1) is 0 Å². The van der Waals surface area contributed by atoms with E-state index in [2.05, 4.69) is 19.6 Å². The zero-order valence-corrected chi connectivity index (χ0v) is 11.6. The molecule has 1 aromatic rings. The first-order valence-electron chi connectivity index (χ1n) is 5.66. The van der Waals surface area contributed by atoms with Gasteiger partial charge in [0.1, 0.15) is 4.90 Å². The van der Waals surface area contributed by atoms with Crippen molar-refractivity contribution in [1.29, 1.82) is 0 Å². The van der Waals surface area contributed by atoms with Gasteiger partial charge in [-0.1, -0.05) is 0 Å². The Morgan fingerprint density at radius 1 is 1.44 bits per heavy atom. The lowest BCUT2D eigenvalue weighted by atomic mass is 10.1. The molecule has 2 heterocycles. The summed E-state index contributed by atoms with van der Waals surface area (Å²) in [5, 5.41) is 0.0337. The second kappa shape index (κ2) is 5.48. The number of nitrogens with one attached hydrogen (secondary N) is 1. The van der Waals surface area contributed by atoms with Gasteiger partial charge in [-0.2, -0.15) is 0 Å². The van der Waals surface area contributed by atoms with Gasteiger partial charge in [0.2, 0.25) is 15.3 Å². The van der Waals surface area contributed by atoms with Gasteiger partial charge in [-0.05, 0) is 38.0 Å². The van der Waals surface area contributed by atoms with E-state index in [-0.39, 0.29) is 16.2 Å². The van der Waals surface area contributed by atoms with Gasteiger partial charge in [-0.25, -0.2) is 23.1 Å². The van der Waals surface area contributed by atoms with Crippen LogP contribution in [0, 0.1) is 0 Å². The van der Waals surface area contributed by atoms with E-state index in [1.807, 2.05) is 7.05 Å². The maximum atomic E-state index is 12.1. The molecule has 0 amide bonds. The average Bonchev–Trinajstić information content (AvgIpc) is 2.29. The van der Waals surface area contributed by atoms with Crippen LogP contribution >= 0.6 is 11.6 Å². The average molecular weight is 291 g/mol. The minimum Gasteiger partial charge on any atom is -0.305 e. The highest BCUT2D eigenvalue weighted by atomic mass is 35.5. The largest absolute Gasteiger partial charge is 0.305 e. The fourth-order valence-electron chi connectivity index (χ4n) is 1.99. The molecule has 18 heavy (non-hydrogen) atoms. The highest BCUT2D eigenvalue weighted by molar-refractivity contribution is 7.89. The van der Waals surface area contributed by atoms with E-state index < -0.39 is 10.0 Å². The summed E-state index contributed by atoms with van der Waals surface area (Å²) in [5.74, 6) is 0. The first-order chi connectivity index (χ1) is 8.47. The molecule has 1 fully saturated rings. The van der Waals surface area contributed by atoms with Crippen LogP contribution < -0.4 is 4.72 Å². The van der Waals surface area contributed by atoms with Crippen LogP contribution in [0.2, 0.25) is 5.28 Å². The Balaban J connectivity index is 2.09. The molecule has 1 aliphatic heterocycles. The lowest BCUT2D eigenvalue weighted by Crippen LogP contribution is -2.46. The monoisotopic (exact) mass is 290 g/mol. The predicted molar refractivity (Wildman–Crippen MR) is 67.9 cm³/mol. The van der Waals surface area contributed by atoms with E-state index in [1.165, 1.54) is 12.4 Å². The van der Waals surface area contributed by atoms with Crippen LogP contribution in [0.3, 0.4) is 0 Å². The summed E-state index contributed by atoms with van der Waals surface area (Å²) >= 11 is 5.53. The molecule has 1 aromatic heterocycles. The van der Waals surface area contributed by atoms with Crippen molar-refractivity contribution in [3.63, 3.8) is 0 Å². The number of piperidine rings is 1. The Labute approximate surface area is 111 Å². The Bertz CT molecular complexity index is 505. The molecule has 100 valence electrons. The fourth-order valence-corrected chi connectivity index (χ4v) is 3.24. The molecule has 0 spiro atoms. The van der Waals surface area contributed by atoms with Crippen molar-refractivity contribution >= 4 is 21.6 Å². The maximum Gasteiger partial charge on any atom is 0.243 e. The molecule has 6 nitrogen and oxygen atoms in total. The third-order valence-electron chi connectivity index (χ3n) is 2.85. The SMILES string of the molecule is CN1CCCC(NS(=O)(=O)c2cnc(Cl)nc2)C1. The summed E-state index contributed by atoms with van der Waals surface area (Å²) in [6, 6.07) is -0.0653. The van der Waals surface area contributed by atoms with E-state index in [1.54, 1.807) is 0 Å². The van der Waals surface area contributed by atoms with Crippen LogP contribution in [0.5, 0.6) is 0 Å². The molecule has 0 aliphatic carbocycles. The Kier molecular flexibility index (Phi) is 4.16. The van der Waals surface area contributed by atoms with Crippen molar-refractivity contribution in [2.45, 2.75) is 23.8 Å². The third-order valence-corrected chi connectivity index (χ3v) is 4.52. The number of aromatic nitrogens is 2. The Hall–Kier alpha value is -0.760. The summed E-state index contributed by atoms with van der Waals surface area (Å²) in [7, 11) is -1.58. The van der Waals surface area contributed by atoms with Gasteiger partial charge in [0, 0.05) is 12.6 Å². The summed E-state index contributed by atoms with van der Waals surface area (Å²) in [5.41, 5.74) is 0. The lowest BCUT2D eigenvalue weighted by molar-refractivity contribution is 0.242. The number of likely N-dealkylation sites (N-methyl/N-ethyl adjacent to an activating group) is 1. The van der Waals surface area contributed by atoms with Crippen LogP contribution in [0.25, 0.3) is 0 Å². The van der Waals surface area contributed by atoms with E-state index in [0.717, 1.165) is 19.4 Å². The highest BCUT2D eigenvalue weighted by Crippen LogP contribution is 2.13. The molecule has 0 saturated carbocycles. The minimum absolute atomic E-state index is 0.0337. The van der Waals surface area contributed by atoms with Gasteiger partial charge in [0.15, 0.2) is 0 Å². The quantitative estimate of drug-likeness (QED) is 0.821. The van der Waals surface area contributed by atoms with Crippen LogP contribution in [0.1, 0.15) is 12.8 Å². The maximum absolute atomic E-state index is 12.1. The molecule has 1 saturated heterocycles. The number of nitrogens with zero attached hydrogens (tertiary/aromatic N) is 3. The molecule has 1 atom stereocenters. The zero-order valence-electron chi connectivity index (χ0n) is 10.0. The molecule has 0 radical (unpaired) electrons. The first kappa shape index (κ1) is 13.7. The number of halogens is 1. The molecular formula is C10H15ClN4O2S. The van der Waals surface area contributed by atoms with Crippen LogP contribution in [0.4, 0.5) is 0 Å². The van der Waals surface area contributed by atoms with Gasteiger partial charge in [0.25, 0.3) is 0 Å². The van der Waals surface area contributed by atoms with Crippen molar-refractivity contribution in [2.24, 2.45) is 0 Å². The second-order valence-electron chi connectivity index (χ2n) is 4.41. The molecule has 1 aliphatic rings. The minimum atomic E-state index is -3.56. The molecule has 2 rings (SSSR count). The van der Waals surface area contributed by atoms with Crippen molar-refractivity contribution < 1.29 is 8.42 Å². The summed E-state index contributed by atoms with van der Waals surface area (Å²) in [4.78, 5) is 9.50. The molecule has 8 heteroatoms. The summed E-state index contributed by atoms with van der Waals surface area (Å²) < 4.78 is 26.8. The number of hydrogen-bond donors (Lipinski definition) is 1. The van der Waals surface area contributed by atoms with E-state index in [4.69, 9.17) is 11.6 Å². The van der Waals surface area contributed by atoms with Gasteiger partial charge in [-0.3, -0.25) is 0 Å². The molecule has 0 aromatic carbocycles. The first-order valence-corrected chi connectivity index (χ1v) is 7.52. The molecular weight excluding hydrogens is 276 g/mol. The topological polar surface area (TPSA) is 75.2 Å². The standard InChI is InChI=1S/C10H15ClN4O2S/c1-15-4-2-3-8(7-15)14-18(16,17)9-5-12-10(11)13-6-9/h5-6,8,14H,2-4,7H2,1H3. The smallest absolute Gasteiger partial charge is 0.243 e.